The molecule has 28 heavy (non-hydrogen) atoms. The van der Waals surface area contributed by atoms with Crippen molar-refractivity contribution in [1.29, 1.82) is 0 Å². The van der Waals surface area contributed by atoms with Crippen LogP contribution in [-0.2, 0) is 11.2 Å². The van der Waals surface area contributed by atoms with Crippen molar-refractivity contribution in [3.05, 3.63) is 83.2 Å². The largest absolute Gasteiger partial charge is 0.369 e. The Morgan fingerprint density at radius 3 is 2.46 bits per heavy atom. The zero-order chi connectivity index (χ0) is 19.6. The number of carbonyl (C=O) groups is 2. The van der Waals surface area contributed by atoms with E-state index in [1.54, 1.807) is 28.4 Å². The van der Waals surface area contributed by atoms with Crippen LogP contribution >= 0.6 is 11.3 Å². The fraction of sp³-hybridized carbons (Fsp3) is 0.217. The van der Waals surface area contributed by atoms with E-state index in [-0.39, 0.29) is 11.8 Å². The Morgan fingerprint density at radius 1 is 1.00 bits per heavy atom. The third-order valence-electron chi connectivity index (χ3n) is 5.52. The van der Waals surface area contributed by atoms with Gasteiger partial charge >= 0.3 is 0 Å². The lowest BCUT2D eigenvalue weighted by Crippen LogP contribution is -2.42. The van der Waals surface area contributed by atoms with Gasteiger partial charge in [-0.2, -0.15) is 0 Å². The van der Waals surface area contributed by atoms with Gasteiger partial charge in [0.25, 0.3) is 5.91 Å². The highest BCUT2D eigenvalue weighted by atomic mass is 32.1. The summed E-state index contributed by atoms with van der Waals surface area (Å²) in [5, 5.41) is 2.05. The zero-order valence-electron chi connectivity index (χ0n) is 15.5. The predicted octanol–water partition coefficient (Wildman–Crippen LogP) is 3.98. The summed E-state index contributed by atoms with van der Waals surface area (Å²) >= 11 is 1.68. The summed E-state index contributed by atoms with van der Waals surface area (Å²) in [7, 11) is 0. The van der Waals surface area contributed by atoms with Gasteiger partial charge in [0.2, 0.25) is 5.91 Å². The molecule has 0 bridgehead atoms. The Morgan fingerprint density at radius 2 is 1.75 bits per heavy atom. The monoisotopic (exact) mass is 390 g/mol. The van der Waals surface area contributed by atoms with E-state index in [4.69, 9.17) is 5.73 Å². The Bertz CT molecular complexity index is 985. The van der Waals surface area contributed by atoms with Gasteiger partial charge in [0.15, 0.2) is 0 Å². The summed E-state index contributed by atoms with van der Waals surface area (Å²) in [6.07, 6.45) is 1.12. The summed E-state index contributed by atoms with van der Waals surface area (Å²) in [5.74, 6) is -0.382. The molecule has 2 aromatic carbocycles. The van der Waals surface area contributed by atoms with Crippen molar-refractivity contribution in [2.75, 3.05) is 13.1 Å². The maximum Gasteiger partial charge on any atom is 0.253 e. The molecule has 0 spiro atoms. The molecule has 2 amide bonds. The van der Waals surface area contributed by atoms with Crippen LogP contribution in [0.1, 0.15) is 22.3 Å². The van der Waals surface area contributed by atoms with E-state index in [0.717, 1.165) is 11.1 Å². The number of nitrogens with two attached hydrogens (primary N) is 1. The van der Waals surface area contributed by atoms with Crippen LogP contribution in [0.2, 0.25) is 0 Å². The Hall–Kier alpha value is -2.92. The van der Waals surface area contributed by atoms with E-state index in [2.05, 4.69) is 18.2 Å². The average Bonchev–Trinajstić information content (AvgIpc) is 3.40. The van der Waals surface area contributed by atoms with E-state index in [1.807, 2.05) is 41.8 Å². The van der Waals surface area contributed by atoms with E-state index < -0.39 is 5.41 Å². The second-order valence-electron chi connectivity index (χ2n) is 7.30. The number of rotatable bonds is 5. The average molecular weight is 391 g/mol. The van der Waals surface area contributed by atoms with Crippen LogP contribution in [0.4, 0.5) is 0 Å². The minimum absolute atomic E-state index is 0.0460. The number of thiophene rings is 1. The first-order valence-electron chi connectivity index (χ1n) is 9.35. The molecule has 0 saturated carbocycles. The number of benzene rings is 2. The van der Waals surface area contributed by atoms with E-state index in [0.29, 0.717) is 31.5 Å². The van der Waals surface area contributed by atoms with Crippen molar-refractivity contribution in [3.8, 4) is 10.4 Å². The molecular formula is C23H22N2O2S. The summed E-state index contributed by atoms with van der Waals surface area (Å²) in [6, 6.07) is 21.4. The van der Waals surface area contributed by atoms with Gasteiger partial charge in [-0.25, -0.2) is 0 Å². The molecule has 0 radical (unpaired) electrons. The van der Waals surface area contributed by atoms with Crippen LogP contribution < -0.4 is 5.73 Å². The smallest absolute Gasteiger partial charge is 0.253 e. The van der Waals surface area contributed by atoms with Crippen LogP contribution in [0, 0.1) is 5.41 Å². The maximum atomic E-state index is 12.8. The number of carbonyl (C=O) groups excluding carboxylic acids is 2. The van der Waals surface area contributed by atoms with Crippen molar-refractivity contribution in [3.63, 3.8) is 0 Å². The van der Waals surface area contributed by atoms with Gasteiger partial charge in [0.05, 0.1) is 5.41 Å². The molecular weight excluding hydrogens is 368 g/mol. The first kappa shape index (κ1) is 18.4. The van der Waals surface area contributed by atoms with Crippen LogP contribution in [-0.4, -0.2) is 29.8 Å². The first-order valence-corrected chi connectivity index (χ1v) is 10.2. The van der Waals surface area contributed by atoms with E-state index in [9.17, 15) is 9.59 Å². The Labute approximate surface area is 168 Å². The third-order valence-corrected chi connectivity index (χ3v) is 6.42. The molecule has 4 rings (SSSR count). The summed E-state index contributed by atoms with van der Waals surface area (Å²) in [4.78, 5) is 28.3. The predicted molar refractivity (Wildman–Crippen MR) is 112 cm³/mol. The maximum absolute atomic E-state index is 12.8. The first-order chi connectivity index (χ1) is 13.6. The molecule has 0 aliphatic carbocycles. The number of nitrogens with zero attached hydrogens (tertiary/aromatic N) is 1. The van der Waals surface area contributed by atoms with E-state index >= 15 is 0 Å². The van der Waals surface area contributed by atoms with Gasteiger partial charge in [-0.3, -0.25) is 9.59 Å². The van der Waals surface area contributed by atoms with Crippen LogP contribution in [0.5, 0.6) is 0 Å². The minimum atomic E-state index is -0.738. The summed E-state index contributed by atoms with van der Waals surface area (Å²) in [5.41, 5.74) is 8.00. The molecule has 4 nitrogen and oxygen atoms in total. The lowest BCUT2D eigenvalue weighted by molar-refractivity contribution is -0.126. The van der Waals surface area contributed by atoms with E-state index in [1.165, 1.54) is 4.88 Å². The van der Waals surface area contributed by atoms with Crippen molar-refractivity contribution < 1.29 is 9.59 Å². The molecule has 0 unspecified atom stereocenters. The minimum Gasteiger partial charge on any atom is -0.369 e. The number of likely N-dealkylation sites (tertiary alicyclic amines) is 1. The molecule has 2 N–H and O–H groups in total. The summed E-state index contributed by atoms with van der Waals surface area (Å²) in [6.45, 7) is 0.896. The van der Waals surface area contributed by atoms with Crippen molar-refractivity contribution in [1.82, 2.24) is 4.90 Å². The molecule has 142 valence electrons. The lowest BCUT2D eigenvalue weighted by atomic mass is 9.79. The third kappa shape index (κ3) is 3.45. The Kier molecular flexibility index (Phi) is 5.01. The highest BCUT2D eigenvalue weighted by molar-refractivity contribution is 7.13. The Balaban J connectivity index is 1.61. The van der Waals surface area contributed by atoms with Gasteiger partial charge in [0, 0.05) is 23.5 Å². The molecule has 1 aliphatic heterocycles. The molecule has 1 aromatic heterocycles. The van der Waals surface area contributed by atoms with Gasteiger partial charge in [0.1, 0.15) is 0 Å². The second-order valence-corrected chi connectivity index (χ2v) is 8.25. The number of amides is 2. The van der Waals surface area contributed by atoms with Crippen molar-refractivity contribution >= 4 is 23.2 Å². The molecule has 1 fully saturated rings. The molecule has 3 aromatic rings. The van der Waals surface area contributed by atoms with Gasteiger partial charge in [-0.05, 0) is 47.5 Å². The highest BCUT2D eigenvalue weighted by Gasteiger charge is 2.45. The van der Waals surface area contributed by atoms with Gasteiger partial charge < -0.3 is 10.6 Å². The molecule has 2 heterocycles. The van der Waals surface area contributed by atoms with Gasteiger partial charge in [-0.15, -0.1) is 11.3 Å². The molecule has 1 saturated heterocycles. The molecule has 1 atom stereocenters. The number of primary amides is 1. The normalized spacial score (nSPS) is 18.9. The fourth-order valence-electron chi connectivity index (χ4n) is 3.95. The lowest BCUT2D eigenvalue weighted by Gasteiger charge is -2.27. The van der Waals surface area contributed by atoms with Crippen molar-refractivity contribution in [2.45, 2.75) is 12.8 Å². The van der Waals surface area contributed by atoms with Crippen molar-refractivity contribution in [2.24, 2.45) is 11.1 Å². The zero-order valence-corrected chi connectivity index (χ0v) is 16.3. The highest BCUT2D eigenvalue weighted by Crippen LogP contribution is 2.38. The van der Waals surface area contributed by atoms with Crippen LogP contribution in [0.15, 0.2) is 72.1 Å². The second kappa shape index (κ2) is 7.60. The molecule has 1 aliphatic rings. The summed E-state index contributed by atoms with van der Waals surface area (Å²) < 4.78 is 0. The van der Waals surface area contributed by atoms with Gasteiger partial charge in [-0.1, -0.05) is 48.5 Å². The quantitative estimate of drug-likeness (QED) is 0.716. The SMILES string of the molecule is NC(=O)[C@]1(Cc2ccccc2-c2cccs2)CCN(C(=O)c2ccccc2)C1. The fourth-order valence-corrected chi connectivity index (χ4v) is 4.74. The standard InChI is InChI=1S/C23H22N2O2S/c24-22(27)23(12-13-25(16-23)21(26)17-7-2-1-3-8-17)15-18-9-4-5-10-19(18)20-11-6-14-28-20/h1-11,14H,12-13,15-16H2,(H2,24,27)/t23-/m0/s1. The van der Waals surface area contributed by atoms with Crippen LogP contribution in [0.25, 0.3) is 10.4 Å². The molecule has 5 heteroatoms. The topological polar surface area (TPSA) is 63.4 Å². The van der Waals surface area contributed by atoms with Crippen LogP contribution in [0.3, 0.4) is 0 Å². The number of hydrogen-bond donors (Lipinski definition) is 1. The number of hydrogen-bond acceptors (Lipinski definition) is 3.